The molecule has 0 saturated carbocycles. The topological polar surface area (TPSA) is 64.1 Å². The Morgan fingerprint density at radius 3 is 2.06 bits per heavy atom. The maximum atomic E-state index is 11.6. The SMILES string of the molecule is CCNC(=O)C[N+]12CC[N+](C)(CC1)CC2.N. The van der Waals surface area contributed by atoms with Gasteiger partial charge in [-0.05, 0) is 6.92 Å². The van der Waals surface area contributed by atoms with E-state index in [0.29, 0.717) is 6.54 Å². The summed E-state index contributed by atoms with van der Waals surface area (Å²) < 4.78 is 2.27. The van der Waals surface area contributed by atoms with Crippen LogP contribution in [-0.2, 0) is 4.79 Å². The van der Waals surface area contributed by atoms with Crippen LogP contribution in [0.25, 0.3) is 0 Å². The fourth-order valence-electron chi connectivity index (χ4n) is 2.83. The second-order valence-corrected chi connectivity index (χ2v) is 5.41. The van der Waals surface area contributed by atoms with Crippen molar-refractivity contribution in [1.82, 2.24) is 11.5 Å². The first-order chi connectivity index (χ1) is 7.08. The van der Waals surface area contributed by atoms with E-state index in [1.807, 2.05) is 6.92 Å². The number of likely N-dealkylation sites (N-methyl/N-ethyl adjacent to an activating group) is 2. The van der Waals surface area contributed by atoms with Crippen LogP contribution < -0.4 is 11.5 Å². The van der Waals surface area contributed by atoms with E-state index < -0.39 is 0 Å². The summed E-state index contributed by atoms with van der Waals surface area (Å²) in [5.41, 5.74) is 0. The molecule has 3 aliphatic rings. The average molecular weight is 230 g/mol. The molecule has 0 unspecified atom stereocenters. The van der Waals surface area contributed by atoms with E-state index in [0.717, 1.165) is 11.0 Å². The van der Waals surface area contributed by atoms with Gasteiger partial charge in [0.25, 0.3) is 5.91 Å². The smallest absolute Gasteiger partial charge is 0.275 e. The first kappa shape index (κ1) is 13.4. The highest BCUT2D eigenvalue weighted by Crippen LogP contribution is 2.24. The standard InChI is InChI=1S/C11H22N3O.H3N/c1-3-12-11(15)10-14-7-4-13(2,5-8-14)6-9-14;/h3-10H2,1-2H3;1H3/q+1;/p+1. The van der Waals surface area contributed by atoms with E-state index in [2.05, 4.69) is 12.4 Å². The highest BCUT2D eigenvalue weighted by Gasteiger charge is 2.47. The summed E-state index contributed by atoms with van der Waals surface area (Å²) in [7, 11) is 2.35. The Kier molecular flexibility index (Phi) is 3.93. The molecule has 0 spiro atoms. The van der Waals surface area contributed by atoms with Gasteiger partial charge in [0.05, 0.1) is 7.05 Å². The van der Waals surface area contributed by atoms with Gasteiger partial charge in [-0.3, -0.25) is 4.79 Å². The van der Waals surface area contributed by atoms with Gasteiger partial charge in [-0.2, -0.15) is 0 Å². The second-order valence-electron chi connectivity index (χ2n) is 5.41. The third-order valence-electron chi connectivity index (χ3n) is 4.20. The van der Waals surface area contributed by atoms with Crippen LogP contribution >= 0.6 is 0 Å². The molecule has 0 aromatic rings. The van der Waals surface area contributed by atoms with E-state index in [1.165, 1.54) is 43.8 Å². The van der Waals surface area contributed by atoms with Gasteiger partial charge in [-0.15, -0.1) is 0 Å². The summed E-state index contributed by atoms with van der Waals surface area (Å²) in [4.78, 5) is 11.6. The maximum absolute atomic E-state index is 11.6. The third-order valence-corrected chi connectivity index (χ3v) is 4.20. The molecule has 0 atom stereocenters. The van der Waals surface area contributed by atoms with Crippen LogP contribution in [-0.4, -0.2) is 74.3 Å². The van der Waals surface area contributed by atoms with Crippen LogP contribution in [0.2, 0.25) is 0 Å². The maximum Gasteiger partial charge on any atom is 0.275 e. The molecule has 0 aromatic heterocycles. The molecule has 94 valence electrons. The number of piperazine rings is 3. The lowest BCUT2D eigenvalue weighted by atomic mass is 10.1. The van der Waals surface area contributed by atoms with Gasteiger partial charge in [-0.25, -0.2) is 0 Å². The summed E-state index contributed by atoms with van der Waals surface area (Å²) in [6, 6.07) is 0. The molecule has 0 radical (unpaired) electrons. The summed E-state index contributed by atoms with van der Waals surface area (Å²) in [6.07, 6.45) is 0. The van der Waals surface area contributed by atoms with E-state index >= 15 is 0 Å². The van der Waals surface area contributed by atoms with Gasteiger partial charge < -0.3 is 20.4 Å². The van der Waals surface area contributed by atoms with E-state index in [4.69, 9.17) is 0 Å². The van der Waals surface area contributed by atoms with Crippen molar-refractivity contribution in [3.05, 3.63) is 0 Å². The Hall–Kier alpha value is -0.650. The van der Waals surface area contributed by atoms with Gasteiger partial charge in [0.1, 0.15) is 39.3 Å². The highest BCUT2D eigenvalue weighted by atomic mass is 16.2. The Bertz CT molecular complexity index is 242. The first-order valence-electron chi connectivity index (χ1n) is 6.03. The van der Waals surface area contributed by atoms with Crippen molar-refractivity contribution in [2.24, 2.45) is 0 Å². The number of quaternary nitrogens is 2. The summed E-state index contributed by atoms with van der Waals surface area (Å²) in [6.45, 7) is 10.8. The third kappa shape index (κ3) is 2.53. The van der Waals surface area contributed by atoms with Crippen LogP contribution in [0.15, 0.2) is 0 Å². The number of fused-ring (bicyclic) bond motifs is 3. The minimum absolute atomic E-state index is 0. The zero-order chi connectivity index (χ0) is 10.9. The van der Waals surface area contributed by atoms with Crippen molar-refractivity contribution in [1.29, 1.82) is 0 Å². The van der Waals surface area contributed by atoms with E-state index in [9.17, 15) is 4.79 Å². The fourth-order valence-corrected chi connectivity index (χ4v) is 2.83. The first-order valence-corrected chi connectivity index (χ1v) is 6.03. The molecule has 1 amide bonds. The van der Waals surface area contributed by atoms with Crippen LogP contribution in [0, 0.1) is 0 Å². The van der Waals surface area contributed by atoms with Gasteiger partial charge in [0.15, 0.2) is 6.54 Å². The number of amides is 1. The van der Waals surface area contributed by atoms with Gasteiger partial charge in [0.2, 0.25) is 0 Å². The molecule has 5 nitrogen and oxygen atoms in total. The van der Waals surface area contributed by atoms with Crippen LogP contribution in [0.3, 0.4) is 0 Å². The molecule has 0 aliphatic carbocycles. The lowest BCUT2D eigenvalue weighted by Gasteiger charge is -2.53. The normalized spacial score (nSPS) is 36.6. The van der Waals surface area contributed by atoms with Gasteiger partial charge >= 0.3 is 0 Å². The van der Waals surface area contributed by atoms with Crippen molar-refractivity contribution in [2.45, 2.75) is 6.92 Å². The van der Waals surface area contributed by atoms with Crippen LogP contribution in [0.1, 0.15) is 6.92 Å². The highest BCUT2D eigenvalue weighted by molar-refractivity contribution is 5.77. The molecule has 2 bridgehead atoms. The van der Waals surface area contributed by atoms with Crippen LogP contribution in [0.5, 0.6) is 0 Å². The largest absolute Gasteiger partial charge is 0.351 e. The zero-order valence-electron chi connectivity index (χ0n) is 10.7. The number of carbonyl (C=O) groups is 1. The molecular formula is C11H26N4O+2. The Morgan fingerprint density at radius 1 is 1.12 bits per heavy atom. The van der Waals surface area contributed by atoms with Crippen molar-refractivity contribution in [3.8, 4) is 0 Å². The number of hydrogen-bond donors (Lipinski definition) is 2. The van der Waals surface area contributed by atoms with Crippen molar-refractivity contribution in [3.63, 3.8) is 0 Å². The average Bonchev–Trinajstić information content (AvgIpc) is 2.21. The number of nitrogens with zero attached hydrogens (tertiary/aromatic N) is 2. The summed E-state index contributed by atoms with van der Waals surface area (Å²) in [5.74, 6) is 0.232. The zero-order valence-corrected chi connectivity index (χ0v) is 10.7. The van der Waals surface area contributed by atoms with E-state index in [-0.39, 0.29) is 12.1 Å². The molecule has 4 N–H and O–H groups in total. The quantitative estimate of drug-likeness (QED) is 0.647. The lowest BCUT2D eigenvalue weighted by Crippen LogP contribution is -2.74. The van der Waals surface area contributed by atoms with Crippen molar-refractivity contribution >= 4 is 5.91 Å². The minimum Gasteiger partial charge on any atom is -0.351 e. The molecular weight excluding hydrogens is 204 g/mol. The van der Waals surface area contributed by atoms with Gasteiger partial charge in [-0.1, -0.05) is 0 Å². The molecule has 3 rings (SSSR count). The Labute approximate surface area is 98.2 Å². The van der Waals surface area contributed by atoms with E-state index in [1.54, 1.807) is 0 Å². The number of hydrogen-bond acceptors (Lipinski definition) is 2. The minimum atomic E-state index is 0. The predicted molar refractivity (Wildman–Crippen MR) is 64.2 cm³/mol. The number of rotatable bonds is 3. The Morgan fingerprint density at radius 2 is 1.62 bits per heavy atom. The second kappa shape index (κ2) is 4.69. The molecule has 3 saturated heterocycles. The Balaban J connectivity index is 0.00000128. The molecule has 3 fully saturated rings. The number of nitrogens with one attached hydrogen (secondary N) is 1. The molecule has 3 heterocycles. The summed E-state index contributed by atoms with van der Waals surface area (Å²) >= 11 is 0. The van der Waals surface area contributed by atoms with Crippen molar-refractivity contribution < 1.29 is 13.8 Å². The monoisotopic (exact) mass is 230 g/mol. The molecule has 3 aliphatic heterocycles. The summed E-state index contributed by atoms with van der Waals surface area (Å²) in [5, 5.41) is 2.92. The van der Waals surface area contributed by atoms with Crippen molar-refractivity contribution in [2.75, 3.05) is 59.4 Å². The number of carbonyl (C=O) groups excluding carboxylic acids is 1. The van der Waals surface area contributed by atoms with Gasteiger partial charge in [0, 0.05) is 6.54 Å². The predicted octanol–water partition coefficient (Wildman–Crippen LogP) is -0.425. The molecule has 16 heavy (non-hydrogen) atoms. The van der Waals surface area contributed by atoms with Crippen LogP contribution in [0.4, 0.5) is 0 Å². The lowest BCUT2D eigenvalue weighted by molar-refractivity contribution is -1.07. The fraction of sp³-hybridized carbons (Fsp3) is 0.909. The molecule has 5 heteroatoms. The molecule has 0 aromatic carbocycles.